The summed E-state index contributed by atoms with van der Waals surface area (Å²) in [4.78, 5) is 1.31. The lowest BCUT2D eigenvalue weighted by molar-refractivity contribution is 1.39. The zero-order valence-electron chi connectivity index (χ0n) is 10.3. The first-order chi connectivity index (χ1) is 9.33. The van der Waals surface area contributed by atoms with Crippen LogP contribution in [-0.2, 0) is 5.75 Å². The van der Waals surface area contributed by atoms with E-state index < -0.39 is 0 Å². The van der Waals surface area contributed by atoms with Crippen LogP contribution in [0, 0.1) is 0 Å². The number of benzene rings is 3. The lowest BCUT2D eigenvalue weighted by Gasteiger charge is -2.05. The van der Waals surface area contributed by atoms with Gasteiger partial charge in [0.25, 0.3) is 0 Å². The summed E-state index contributed by atoms with van der Waals surface area (Å²) in [7, 11) is 0. The Morgan fingerprint density at radius 1 is 0.842 bits per heavy atom. The van der Waals surface area contributed by atoms with Crippen LogP contribution in [0.3, 0.4) is 0 Å². The third-order valence-corrected chi connectivity index (χ3v) is 4.80. The van der Waals surface area contributed by atoms with Gasteiger partial charge in [-0.3, -0.25) is 0 Å². The number of thioether (sulfide) groups is 1. The zero-order valence-corrected chi connectivity index (χ0v) is 12.7. The summed E-state index contributed by atoms with van der Waals surface area (Å²) in [5.74, 6) is 1.01. The molecule has 3 rings (SSSR count). The molecular formula is C17H13BrS. The summed E-state index contributed by atoms with van der Waals surface area (Å²) in [5, 5.41) is 2.55. The molecule has 0 aliphatic carbocycles. The van der Waals surface area contributed by atoms with Gasteiger partial charge in [0.05, 0.1) is 0 Å². The van der Waals surface area contributed by atoms with Crippen LogP contribution >= 0.6 is 27.7 Å². The lowest BCUT2D eigenvalue weighted by atomic mass is 10.1. The molecule has 0 bridgehead atoms. The van der Waals surface area contributed by atoms with Crippen LogP contribution in [0.1, 0.15) is 5.56 Å². The minimum absolute atomic E-state index is 1.01. The lowest BCUT2D eigenvalue weighted by Crippen LogP contribution is -1.80. The van der Waals surface area contributed by atoms with Gasteiger partial charge in [0.2, 0.25) is 0 Å². The van der Waals surface area contributed by atoms with E-state index in [1.165, 1.54) is 21.2 Å². The predicted molar refractivity (Wildman–Crippen MR) is 87.7 cm³/mol. The number of hydrogen-bond acceptors (Lipinski definition) is 1. The quantitative estimate of drug-likeness (QED) is 0.540. The molecule has 0 saturated heterocycles. The van der Waals surface area contributed by atoms with E-state index in [-0.39, 0.29) is 0 Å². The van der Waals surface area contributed by atoms with Gasteiger partial charge in [0.15, 0.2) is 0 Å². The fraction of sp³-hybridized carbons (Fsp3) is 0.0588. The van der Waals surface area contributed by atoms with Crippen molar-refractivity contribution in [3.63, 3.8) is 0 Å². The molecule has 3 aromatic carbocycles. The molecule has 0 fully saturated rings. The van der Waals surface area contributed by atoms with E-state index in [9.17, 15) is 0 Å². The fourth-order valence-electron chi connectivity index (χ4n) is 2.05. The first-order valence-electron chi connectivity index (χ1n) is 6.18. The molecule has 0 aliphatic heterocycles. The standard InChI is InChI=1S/C17H13BrS/c18-17-8-4-7-14-11-15(9-10-16(14)17)19-12-13-5-2-1-3-6-13/h1-11H,12H2. The Bertz CT molecular complexity index is 692. The predicted octanol–water partition coefficient (Wildman–Crippen LogP) is 5.89. The molecular weight excluding hydrogens is 316 g/mol. The molecule has 0 unspecified atom stereocenters. The van der Waals surface area contributed by atoms with Gasteiger partial charge in [-0.1, -0.05) is 64.5 Å². The molecule has 0 heterocycles. The van der Waals surface area contributed by atoms with Crippen LogP contribution in [0.25, 0.3) is 10.8 Å². The van der Waals surface area contributed by atoms with E-state index in [1.54, 1.807) is 0 Å². The first-order valence-corrected chi connectivity index (χ1v) is 7.96. The summed E-state index contributed by atoms with van der Waals surface area (Å²) in [6.07, 6.45) is 0. The Hall–Kier alpha value is -1.25. The summed E-state index contributed by atoms with van der Waals surface area (Å²) < 4.78 is 1.16. The number of hydrogen-bond donors (Lipinski definition) is 0. The molecule has 3 aromatic rings. The molecule has 0 nitrogen and oxygen atoms in total. The SMILES string of the molecule is Brc1cccc2cc(SCc3ccccc3)ccc12. The highest BCUT2D eigenvalue weighted by Gasteiger charge is 2.01. The molecule has 0 amide bonds. The minimum atomic E-state index is 1.01. The van der Waals surface area contributed by atoms with Gasteiger partial charge < -0.3 is 0 Å². The summed E-state index contributed by atoms with van der Waals surface area (Å²) >= 11 is 5.47. The molecule has 0 aromatic heterocycles. The Labute approximate surface area is 126 Å². The van der Waals surface area contributed by atoms with Crippen LogP contribution in [0.15, 0.2) is 76.1 Å². The Balaban J connectivity index is 1.82. The monoisotopic (exact) mass is 328 g/mol. The number of fused-ring (bicyclic) bond motifs is 1. The highest BCUT2D eigenvalue weighted by molar-refractivity contribution is 9.10. The van der Waals surface area contributed by atoms with Gasteiger partial charge in [0, 0.05) is 15.1 Å². The Kier molecular flexibility index (Phi) is 3.90. The van der Waals surface area contributed by atoms with Crippen molar-refractivity contribution in [2.45, 2.75) is 10.6 Å². The van der Waals surface area contributed by atoms with Crippen LogP contribution in [0.4, 0.5) is 0 Å². The number of rotatable bonds is 3. The maximum Gasteiger partial charge on any atom is 0.0253 e. The van der Waals surface area contributed by atoms with E-state index in [4.69, 9.17) is 0 Å². The van der Waals surface area contributed by atoms with Crippen molar-refractivity contribution in [2.75, 3.05) is 0 Å². The van der Waals surface area contributed by atoms with Crippen molar-refractivity contribution in [1.82, 2.24) is 0 Å². The second-order valence-corrected chi connectivity index (χ2v) is 6.30. The van der Waals surface area contributed by atoms with Gasteiger partial charge in [0.1, 0.15) is 0 Å². The molecule has 0 aliphatic rings. The van der Waals surface area contributed by atoms with Gasteiger partial charge in [-0.15, -0.1) is 11.8 Å². The highest BCUT2D eigenvalue weighted by atomic mass is 79.9. The third kappa shape index (κ3) is 3.02. The van der Waals surface area contributed by atoms with Crippen molar-refractivity contribution in [3.8, 4) is 0 Å². The highest BCUT2D eigenvalue weighted by Crippen LogP contribution is 2.29. The normalized spacial score (nSPS) is 10.8. The molecule has 0 atom stereocenters. The van der Waals surface area contributed by atoms with Gasteiger partial charge in [-0.25, -0.2) is 0 Å². The minimum Gasteiger partial charge on any atom is -0.121 e. The van der Waals surface area contributed by atoms with Crippen molar-refractivity contribution >= 4 is 38.5 Å². The summed E-state index contributed by atoms with van der Waals surface area (Å²) in [5.41, 5.74) is 1.36. The van der Waals surface area contributed by atoms with Crippen LogP contribution in [0.5, 0.6) is 0 Å². The van der Waals surface area contributed by atoms with Crippen LogP contribution in [-0.4, -0.2) is 0 Å². The average Bonchev–Trinajstić information content (AvgIpc) is 2.46. The maximum absolute atomic E-state index is 3.59. The molecule has 0 saturated carbocycles. The van der Waals surface area contributed by atoms with E-state index in [0.717, 1.165) is 10.2 Å². The molecule has 0 spiro atoms. The van der Waals surface area contributed by atoms with E-state index in [2.05, 4.69) is 82.7 Å². The number of halogens is 1. The van der Waals surface area contributed by atoms with Crippen LogP contribution in [0.2, 0.25) is 0 Å². The topological polar surface area (TPSA) is 0 Å². The average molecular weight is 329 g/mol. The van der Waals surface area contributed by atoms with Crippen LogP contribution < -0.4 is 0 Å². The smallest absolute Gasteiger partial charge is 0.0253 e. The van der Waals surface area contributed by atoms with E-state index in [0.29, 0.717) is 0 Å². The van der Waals surface area contributed by atoms with E-state index in [1.807, 2.05) is 11.8 Å². The second-order valence-electron chi connectivity index (χ2n) is 4.40. The third-order valence-electron chi connectivity index (χ3n) is 3.05. The van der Waals surface area contributed by atoms with Gasteiger partial charge in [-0.05, 0) is 34.5 Å². The Morgan fingerprint density at radius 3 is 2.53 bits per heavy atom. The van der Waals surface area contributed by atoms with Crippen molar-refractivity contribution in [1.29, 1.82) is 0 Å². The van der Waals surface area contributed by atoms with Gasteiger partial charge >= 0.3 is 0 Å². The Morgan fingerprint density at radius 2 is 1.68 bits per heavy atom. The van der Waals surface area contributed by atoms with Crippen molar-refractivity contribution < 1.29 is 0 Å². The first kappa shape index (κ1) is 12.8. The molecule has 0 radical (unpaired) electrons. The fourth-order valence-corrected chi connectivity index (χ4v) is 3.47. The largest absolute Gasteiger partial charge is 0.121 e. The molecule has 0 N–H and O–H groups in total. The molecule has 19 heavy (non-hydrogen) atoms. The summed E-state index contributed by atoms with van der Waals surface area (Å²) in [6.45, 7) is 0. The van der Waals surface area contributed by atoms with Crippen molar-refractivity contribution in [2.24, 2.45) is 0 Å². The maximum atomic E-state index is 3.59. The molecule has 94 valence electrons. The second kappa shape index (κ2) is 5.81. The van der Waals surface area contributed by atoms with Crippen molar-refractivity contribution in [3.05, 3.63) is 76.8 Å². The van der Waals surface area contributed by atoms with Gasteiger partial charge in [-0.2, -0.15) is 0 Å². The summed E-state index contributed by atoms with van der Waals surface area (Å²) in [6, 6.07) is 23.5. The zero-order chi connectivity index (χ0) is 13.1. The molecule has 2 heteroatoms. The van der Waals surface area contributed by atoms with E-state index >= 15 is 0 Å².